The number of ether oxygens (including phenoxy) is 3. The van der Waals surface area contributed by atoms with Crippen LogP contribution in [0.1, 0.15) is 71.1 Å². The number of rotatable bonds is 7. The van der Waals surface area contributed by atoms with Crippen molar-refractivity contribution in [1.82, 2.24) is 25.1 Å². The van der Waals surface area contributed by atoms with Gasteiger partial charge < -0.3 is 29.4 Å². The number of nitrogens with one attached hydrogen (secondary N) is 2. The predicted octanol–water partition coefficient (Wildman–Crippen LogP) is 5.74. The zero-order valence-electron chi connectivity index (χ0n) is 27.3. The quantitative estimate of drug-likeness (QED) is 0.305. The summed E-state index contributed by atoms with van der Waals surface area (Å²) in [6, 6.07) is 10.4. The van der Waals surface area contributed by atoms with E-state index in [0.717, 1.165) is 24.8 Å². The molecule has 47 heavy (non-hydrogen) atoms. The number of aromatic nitrogens is 2. The molecule has 2 aromatic heterocycles. The third-order valence-electron chi connectivity index (χ3n) is 9.55. The summed E-state index contributed by atoms with van der Waals surface area (Å²) in [5, 5.41) is 3.06. The Balaban J connectivity index is 1.19. The number of likely N-dealkylation sites (tertiary alicyclic amines) is 1. The highest BCUT2D eigenvalue weighted by atomic mass is 35.5. The second kappa shape index (κ2) is 12.6. The topological polar surface area (TPSA) is 126 Å². The fraction of sp³-hybridized carbons (Fsp3) is 0.529. The van der Waals surface area contributed by atoms with Crippen LogP contribution in [0.25, 0.3) is 10.8 Å². The molecule has 11 nitrogen and oxygen atoms in total. The van der Waals surface area contributed by atoms with Crippen LogP contribution in [0, 0.1) is 5.82 Å². The van der Waals surface area contributed by atoms with Gasteiger partial charge in [0.25, 0.3) is 5.56 Å². The Kier molecular flexibility index (Phi) is 8.86. The number of piperazine rings is 1. The van der Waals surface area contributed by atoms with E-state index in [-0.39, 0.29) is 52.9 Å². The summed E-state index contributed by atoms with van der Waals surface area (Å²) in [5.41, 5.74) is -0.243. The van der Waals surface area contributed by atoms with Crippen LogP contribution in [-0.4, -0.2) is 80.9 Å². The third kappa shape index (κ3) is 6.37. The fourth-order valence-electron chi connectivity index (χ4n) is 7.03. The van der Waals surface area contributed by atoms with Gasteiger partial charge in [0.15, 0.2) is 11.0 Å². The first-order valence-electron chi connectivity index (χ1n) is 16.1. The van der Waals surface area contributed by atoms with Crippen LogP contribution in [0.3, 0.4) is 0 Å². The number of fused-ring (bicyclic) bond motifs is 3. The molecule has 0 saturated carbocycles. The minimum atomic E-state index is -0.831. The van der Waals surface area contributed by atoms with Crippen LogP contribution < -0.4 is 15.6 Å². The van der Waals surface area contributed by atoms with Gasteiger partial charge in [0.2, 0.25) is 5.88 Å². The van der Waals surface area contributed by atoms with E-state index in [1.807, 2.05) is 62.9 Å². The fourth-order valence-corrected chi connectivity index (χ4v) is 7.20. The molecule has 4 atom stereocenters. The van der Waals surface area contributed by atoms with E-state index in [4.69, 9.17) is 25.8 Å². The van der Waals surface area contributed by atoms with Crippen LogP contribution in [0.15, 0.2) is 41.2 Å². The number of carbonyl (C=O) groups excluding carboxylic acids is 2. The molecule has 2 N–H and O–H groups in total. The average Bonchev–Trinajstić information content (AvgIpc) is 3.26. The van der Waals surface area contributed by atoms with Crippen LogP contribution >= 0.6 is 11.6 Å². The molecule has 3 aromatic rings. The molecule has 3 aliphatic heterocycles. The van der Waals surface area contributed by atoms with Gasteiger partial charge in [-0.1, -0.05) is 48.9 Å². The maximum Gasteiger partial charge on any atom is 0.411 e. The molecule has 5 heterocycles. The first kappa shape index (κ1) is 33.0. The Morgan fingerprint density at radius 3 is 2.60 bits per heavy atom. The first-order chi connectivity index (χ1) is 22.3. The van der Waals surface area contributed by atoms with Crippen LogP contribution in [0.5, 0.6) is 5.88 Å². The summed E-state index contributed by atoms with van der Waals surface area (Å²) in [6.45, 7) is 10.7. The van der Waals surface area contributed by atoms with Gasteiger partial charge in [0.1, 0.15) is 23.7 Å². The van der Waals surface area contributed by atoms with Crippen molar-refractivity contribution in [3.63, 3.8) is 0 Å². The molecule has 2 bridgehead atoms. The molecule has 13 heteroatoms. The number of benzene rings is 1. The van der Waals surface area contributed by atoms with Crippen molar-refractivity contribution < 1.29 is 28.2 Å². The molecule has 0 aliphatic carbocycles. The molecule has 3 fully saturated rings. The molecule has 6 rings (SSSR count). The molecule has 3 saturated heterocycles. The lowest BCUT2D eigenvalue weighted by atomic mass is 9.91. The Labute approximate surface area is 277 Å². The van der Waals surface area contributed by atoms with Crippen molar-refractivity contribution in [2.24, 2.45) is 0 Å². The lowest BCUT2D eigenvalue weighted by Crippen LogP contribution is -2.69. The summed E-state index contributed by atoms with van der Waals surface area (Å²) in [7, 11) is 0. The Morgan fingerprint density at radius 1 is 1.19 bits per heavy atom. The predicted molar refractivity (Wildman–Crippen MR) is 174 cm³/mol. The van der Waals surface area contributed by atoms with Crippen molar-refractivity contribution in [2.45, 2.75) is 95.7 Å². The van der Waals surface area contributed by atoms with Gasteiger partial charge in [-0.25, -0.2) is 14.0 Å². The zero-order valence-corrected chi connectivity index (χ0v) is 28.0. The Bertz CT molecular complexity index is 1730. The highest BCUT2D eigenvalue weighted by Gasteiger charge is 2.56. The molecular weight excluding hydrogens is 629 g/mol. The highest BCUT2D eigenvalue weighted by Crippen LogP contribution is 2.43. The van der Waals surface area contributed by atoms with E-state index in [1.165, 1.54) is 11.0 Å². The monoisotopic (exact) mass is 669 g/mol. The minimum absolute atomic E-state index is 0.0195. The van der Waals surface area contributed by atoms with Gasteiger partial charge >= 0.3 is 12.2 Å². The highest BCUT2D eigenvalue weighted by molar-refractivity contribution is 6.30. The Morgan fingerprint density at radius 2 is 1.91 bits per heavy atom. The van der Waals surface area contributed by atoms with E-state index < -0.39 is 34.3 Å². The molecule has 1 aromatic carbocycles. The minimum Gasteiger partial charge on any atom is -0.472 e. The molecule has 3 aliphatic rings. The summed E-state index contributed by atoms with van der Waals surface area (Å²) >= 11 is 6.24. The number of hydrogen-bond donors (Lipinski definition) is 2. The molecule has 252 valence electrons. The average molecular weight is 670 g/mol. The zero-order chi connectivity index (χ0) is 33.7. The van der Waals surface area contributed by atoms with Gasteiger partial charge in [-0.2, -0.15) is 4.98 Å². The second-order valence-electron chi connectivity index (χ2n) is 13.8. The van der Waals surface area contributed by atoms with E-state index in [0.29, 0.717) is 25.3 Å². The maximum absolute atomic E-state index is 15.4. The largest absolute Gasteiger partial charge is 0.472 e. The van der Waals surface area contributed by atoms with Gasteiger partial charge in [-0.05, 0) is 58.6 Å². The summed E-state index contributed by atoms with van der Waals surface area (Å²) in [4.78, 5) is 49.8. The van der Waals surface area contributed by atoms with Crippen molar-refractivity contribution in [3.05, 3.63) is 69.0 Å². The van der Waals surface area contributed by atoms with Crippen LogP contribution in [0.2, 0.25) is 5.15 Å². The number of carbonyl (C=O) groups is 2. The smallest absolute Gasteiger partial charge is 0.411 e. The van der Waals surface area contributed by atoms with Crippen LogP contribution in [0.4, 0.5) is 14.0 Å². The molecule has 0 spiro atoms. The number of aromatic amines is 1. The standard InChI is InChI=1S/C34H41ClFN5O6/c1-6-34-13-12-24(41(34)32(44)47-33(3,4)5)27(37-18-34)19(2)46-30-25-22(26(36)28(35)39-30)14-23(38-29(25)42)21-15-40(16-21)31(43)45-17-20-10-8-7-9-11-20/h7-11,14,19,21,24,27,37H,6,12-13,15-18H2,1-5H3,(H,38,42)/t19-,24-,27+,34+/m0/s1. The summed E-state index contributed by atoms with van der Waals surface area (Å²) in [5.74, 6) is -1.15. The lowest BCUT2D eigenvalue weighted by Gasteiger charge is -2.49. The van der Waals surface area contributed by atoms with E-state index in [1.54, 1.807) is 0 Å². The lowest BCUT2D eigenvalue weighted by molar-refractivity contribution is -0.0297. The van der Waals surface area contributed by atoms with Gasteiger partial charge in [0, 0.05) is 36.6 Å². The van der Waals surface area contributed by atoms with E-state index in [9.17, 15) is 14.4 Å². The maximum atomic E-state index is 15.4. The number of H-pyrrole nitrogens is 1. The summed E-state index contributed by atoms with van der Waals surface area (Å²) < 4.78 is 32.9. The number of amides is 2. The molecule has 0 unspecified atom stereocenters. The number of hydrogen-bond acceptors (Lipinski definition) is 8. The van der Waals surface area contributed by atoms with Crippen molar-refractivity contribution in [1.29, 1.82) is 0 Å². The molecule has 2 amide bonds. The normalized spacial score (nSPS) is 23.4. The van der Waals surface area contributed by atoms with Gasteiger partial charge in [-0.15, -0.1) is 0 Å². The van der Waals surface area contributed by atoms with E-state index in [2.05, 4.69) is 22.2 Å². The molecule has 0 radical (unpaired) electrons. The SMILES string of the molecule is CC[C@@]12CC[C@@H]([C@@H]([C@H](C)Oc3nc(Cl)c(F)c4cc(C5CN(C(=O)OCc6ccccc6)C5)[nH]c(=O)c34)NC1)N2C(=O)OC(C)(C)C. The number of nitrogens with zero attached hydrogens (tertiary/aromatic N) is 3. The third-order valence-corrected chi connectivity index (χ3v) is 9.80. The molecular formula is C34H41ClFN5O6. The second-order valence-corrected chi connectivity index (χ2v) is 14.1. The van der Waals surface area contributed by atoms with Gasteiger partial charge in [0.05, 0.1) is 17.6 Å². The first-order valence-corrected chi connectivity index (χ1v) is 16.5. The number of pyridine rings is 2. The van der Waals surface area contributed by atoms with Crippen LogP contribution in [-0.2, 0) is 16.1 Å². The Hall–Kier alpha value is -3.90. The summed E-state index contributed by atoms with van der Waals surface area (Å²) in [6.07, 6.45) is 0.935. The number of halogens is 2. The van der Waals surface area contributed by atoms with Crippen molar-refractivity contribution in [3.8, 4) is 5.88 Å². The van der Waals surface area contributed by atoms with Crippen molar-refractivity contribution in [2.75, 3.05) is 19.6 Å². The van der Waals surface area contributed by atoms with Gasteiger partial charge in [-0.3, -0.25) is 9.69 Å². The van der Waals surface area contributed by atoms with E-state index >= 15 is 4.39 Å². The van der Waals surface area contributed by atoms with Crippen molar-refractivity contribution >= 4 is 34.6 Å².